The largest absolute Gasteiger partial charge is 0.390 e. The van der Waals surface area contributed by atoms with Gasteiger partial charge in [-0.15, -0.1) is 0 Å². The lowest BCUT2D eigenvalue weighted by molar-refractivity contribution is -0.129. The summed E-state index contributed by atoms with van der Waals surface area (Å²) in [6.45, 7) is 0. The molecule has 18 heavy (non-hydrogen) atoms. The SMILES string of the molecule is NC(=O)c1ccccc1S(=O)(=O)CCC(F)(F)F. The van der Waals surface area contributed by atoms with E-state index in [2.05, 4.69) is 0 Å². The number of benzene rings is 1. The second-order valence-electron chi connectivity index (χ2n) is 3.54. The highest BCUT2D eigenvalue weighted by Gasteiger charge is 2.31. The summed E-state index contributed by atoms with van der Waals surface area (Å²) in [6, 6.07) is 4.91. The van der Waals surface area contributed by atoms with Crippen molar-refractivity contribution in [3.8, 4) is 0 Å². The molecule has 0 radical (unpaired) electrons. The first-order chi connectivity index (χ1) is 8.13. The number of hydrogen-bond acceptors (Lipinski definition) is 3. The Kier molecular flexibility index (Phi) is 4.00. The van der Waals surface area contributed by atoms with Gasteiger partial charge in [-0.2, -0.15) is 13.2 Å². The molecule has 8 heteroatoms. The van der Waals surface area contributed by atoms with E-state index in [9.17, 15) is 26.4 Å². The molecule has 0 unspecified atom stereocenters. The Morgan fingerprint density at radius 1 is 1.22 bits per heavy atom. The molecule has 0 atom stereocenters. The van der Waals surface area contributed by atoms with E-state index in [1.54, 1.807) is 0 Å². The third-order valence-electron chi connectivity index (χ3n) is 2.14. The van der Waals surface area contributed by atoms with Crippen LogP contribution >= 0.6 is 0 Å². The van der Waals surface area contributed by atoms with Gasteiger partial charge in [0.15, 0.2) is 9.84 Å². The van der Waals surface area contributed by atoms with Gasteiger partial charge in [-0.25, -0.2) is 8.42 Å². The number of sulfone groups is 1. The Morgan fingerprint density at radius 3 is 2.28 bits per heavy atom. The fourth-order valence-corrected chi connectivity index (χ4v) is 2.81. The molecule has 0 aliphatic heterocycles. The van der Waals surface area contributed by atoms with Crippen molar-refractivity contribution >= 4 is 15.7 Å². The van der Waals surface area contributed by atoms with Gasteiger partial charge in [-0.3, -0.25) is 4.79 Å². The number of carbonyl (C=O) groups is 1. The molecule has 0 bridgehead atoms. The van der Waals surface area contributed by atoms with Crippen molar-refractivity contribution in [1.29, 1.82) is 0 Å². The Hall–Kier alpha value is -1.57. The maximum atomic E-state index is 12.0. The average Bonchev–Trinajstić information content (AvgIpc) is 2.26. The van der Waals surface area contributed by atoms with Crippen molar-refractivity contribution in [3.63, 3.8) is 0 Å². The standard InChI is InChI=1S/C10H10F3NO3S/c11-10(12,13)5-6-18(16,17)8-4-2-1-3-7(8)9(14)15/h1-4H,5-6H2,(H2,14,15). The van der Waals surface area contributed by atoms with Crippen LogP contribution in [-0.2, 0) is 9.84 Å². The first-order valence-corrected chi connectivity index (χ1v) is 6.47. The minimum atomic E-state index is -4.57. The molecule has 1 rings (SSSR count). The zero-order valence-corrected chi connectivity index (χ0v) is 9.88. The van der Waals surface area contributed by atoms with Crippen molar-refractivity contribution in [1.82, 2.24) is 0 Å². The van der Waals surface area contributed by atoms with E-state index >= 15 is 0 Å². The van der Waals surface area contributed by atoms with E-state index < -0.39 is 39.0 Å². The van der Waals surface area contributed by atoms with Gasteiger partial charge in [0.05, 0.1) is 22.6 Å². The van der Waals surface area contributed by atoms with Gasteiger partial charge in [0, 0.05) is 0 Å². The maximum Gasteiger partial charge on any atom is 0.390 e. The van der Waals surface area contributed by atoms with Crippen LogP contribution in [0.5, 0.6) is 0 Å². The van der Waals surface area contributed by atoms with Crippen molar-refractivity contribution < 1.29 is 26.4 Å². The number of amides is 1. The summed E-state index contributed by atoms with van der Waals surface area (Å²) in [4.78, 5) is 10.5. The van der Waals surface area contributed by atoms with Gasteiger partial charge >= 0.3 is 6.18 Å². The Morgan fingerprint density at radius 2 is 1.78 bits per heavy atom. The molecule has 0 heterocycles. The molecule has 0 aliphatic rings. The zero-order chi connectivity index (χ0) is 14.0. The summed E-state index contributed by atoms with van der Waals surface area (Å²) >= 11 is 0. The topological polar surface area (TPSA) is 77.2 Å². The smallest absolute Gasteiger partial charge is 0.366 e. The molecule has 2 N–H and O–H groups in total. The summed E-state index contributed by atoms with van der Waals surface area (Å²) in [5.41, 5.74) is 4.66. The van der Waals surface area contributed by atoms with Gasteiger partial charge in [0.25, 0.3) is 0 Å². The Balaban J connectivity index is 3.10. The Labute approximate surface area is 102 Å². The summed E-state index contributed by atoms with van der Waals surface area (Å²) in [5.74, 6) is -2.11. The first kappa shape index (κ1) is 14.5. The molecular weight excluding hydrogens is 271 g/mol. The van der Waals surface area contributed by atoms with Crippen LogP contribution in [0.25, 0.3) is 0 Å². The van der Waals surface area contributed by atoms with Crippen LogP contribution in [0, 0.1) is 0 Å². The maximum absolute atomic E-state index is 12.0. The lowest BCUT2D eigenvalue weighted by Crippen LogP contribution is -2.20. The number of hydrogen-bond donors (Lipinski definition) is 1. The summed E-state index contributed by atoms with van der Waals surface area (Å²) in [5, 5.41) is 0. The van der Waals surface area contributed by atoms with Crippen LogP contribution in [0.1, 0.15) is 16.8 Å². The molecule has 0 aliphatic carbocycles. The minimum absolute atomic E-state index is 0.306. The van der Waals surface area contributed by atoms with Gasteiger partial charge in [-0.05, 0) is 12.1 Å². The van der Waals surface area contributed by atoms with Crippen molar-refractivity contribution in [3.05, 3.63) is 29.8 Å². The lowest BCUT2D eigenvalue weighted by Gasteiger charge is -2.09. The fraction of sp³-hybridized carbons (Fsp3) is 0.300. The van der Waals surface area contributed by atoms with Gasteiger partial charge in [0.2, 0.25) is 5.91 Å². The summed E-state index contributed by atoms with van der Waals surface area (Å²) < 4.78 is 59.4. The average molecular weight is 281 g/mol. The molecule has 1 amide bonds. The summed E-state index contributed by atoms with van der Waals surface area (Å²) in [7, 11) is -4.19. The van der Waals surface area contributed by atoms with E-state index in [1.807, 2.05) is 0 Å². The van der Waals surface area contributed by atoms with Crippen molar-refractivity contribution in [2.45, 2.75) is 17.5 Å². The van der Waals surface area contributed by atoms with Crippen LogP contribution in [-0.4, -0.2) is 26.3 Å². The third kappa shape index (κ3) is 3.73. The van der Waals surface area contributed by atoms with E-state index in [4.69, 9.17) is 5.73 Å². The normalized spacial score (nSPS) is 12.4. The number of carbonyl (C=O) groups excluding carboxylic acids is 1. The van der Waals surface area contributed by atoms with E-state index in [1.165, 1.54) is 12.1 Å². The highest BCUT2D eigenvalue weighted by Crippen LogP contribution is 2.24. The van der Waals surface area contributed by atoms with Crippen molar-refractivity contribution in [2.75, 3.05) is 5.75 Å². The molecule has 0 fully saturated rings. The van der Waals surface area contributed by atoms with E-state index in [0.29, 0.717) is 0 Å². The molecule has 4 nitrogen and oxygen atoms in total. The number of rotatable bonds is 4. The minimum Gasteiger partial charge on any atom is -0.366 e. The zero-order valence-electron chi connectivity index (χ0n) is 9.07. The summed E-state index contributed by atoms with van der Waals surface area (Å²) in [6.07, 6.45) is -6.04. The molecule has 0 saturated carbocycles. The van der Waals surface area contributed by atoms with Gasteiger partial charge < -0.3 is 5.73 Å². The van der Waals surface area contributed by atoms with Gasteiger partial charge in [0.1, 0.15) is 0 Å². The number of nitrogens with two attached hydrogens (primary N) is 1. The van der Waals surface area contributed by atoms with Crippen molar-refractivity contribution in [2.24, 2.45) is 5.73 Å². The van der Waals surface area contributed by atoms with Crippen LogP contribution in [0.4, 0.5) is 13.2 Å². The molecule has 1 aromatic rings. The van der Waals surface area contributed by atoms with E-state index in [-0.39, 0.29) is 5.56 Å². The molecule has 0 saturated heterocycles. The second-order valence-corrected chi connectivity index (χ2v) is 5.62. The molecule has 1 aromatic carbocycles. The van der Waals surface area contributed by atoms with Crippen LogP contribution < -0.4 is 5.73 Å². The quantitative estimate of drug-likeness (QED) is 0.908. The Bertz CT molecular complexity index is 552. The van der Waals surface area contributed by atoms with Crippen LogP contribution in [0.15, 0.2) is 29.2 Å². The number of primary amides is 1. The highest BCUT2D eigenvalue weighted by molar-refractivity contribution is 7.91. The first-order valence-electron chi connectivity index (χ1n) is 4.82. The van der Waals surface area contributed by atoms with Gasteiger partial charge in [-0.1, -0.05) is 12.1 Å². The highest BCUT2D eigenvalue weighted by atomic mass is 32.2. The molecular formula is C10H10F3NO3S. The predicted molar refractivity (Wildman–Crippen MR) is 57.7 cm³/mol. The second kappa shape index (κ2) is 4.97. The number of halogens is 3. The van der Waals surface area contributed by atoms with Crippen LogP contribution in [0.3, 0.4) is 0 Å². The number of alkyl halides is 3. The van der Waals surface area contributed by atoms with E-state index in [0.717, 1.165) is 12.1 Å². The lowest BCUT2D eigenvalue weighted by atomic mass is 10.2. The molecule has 100 valence electrons. The third-order valence-corrected chi connectivity index (χ3v) is 3.91. The monoisotopic (exact) mass is 281 g/mol. The molecule has 0 aromatic heterocycles. The predicted octanol–water partition coefficient (Wildman–Crippen LogP) is 1.51. The van der Waals surface area contributed by atoms with Crippen LogP contribution in [0.2, 0.25) is 0 Å². The fourth-order valence-electron chi connectivity index (χ4n) is 1.30. The molecule has 0 spiro atoms.